The van der Waals surface area contributed by atoms with Gasteiger partial charge in [-0.3, -0.25) is 47.9 Å². The molecule has 22 nitrogen and oxygen atoms in total. The Morgan fingerprint density at radius 1 is 0.325 bits per heavy atom. The smallest absolute Gasteiger partial charge is 0.255 e. The lowest BCUT2D eigenvalue weighted by atomic mass is 9.93. The van der Waals surface area contributed by atoms with E-state index in [-0.39, 0.29) is 162 Å². The summed E-state index contributed by atoms with van der Waals surface area (Å²) in [5.41, 5.74) is 26.9. The molecule has 626 valence electrons. The van der Waals surface area contributed by atoms with Gasteiger partial charge in [-0.15, -0.1) is 0 Å². The Kier molecular flexibility index (Phi) is 42.7. The van der Waals surface area contributed by atoms with Gasteiger partial charge in [-0.25, -0.2) is 0 Å². The highest BCUT2D eigenvalue weighted by Crippen LogP contribution is 2.29. The van der Waals surface area contributed by atoms with Crippen molar-refractivity contribution in [2.24, 2.45) is 52.5 Å². The van der Waals surface area contributed by atoms with E-state index in [1.54, 1.807) is 97.1 Å². The molecule has 0 unspecified atom stereocenters. The molecule has 5 aromatic carbocycles. The van der Waals surface area contributed by atoms with E-state index >= 15 is 4.79 Å². The number of ketones is 5. The number of rotatable bonds is 58. The number of amides is 5. The number of benzene rings is 5. The number of hydrogen-bond donors (Lipinski definition) is 8. The Morgan fingerprint density at radius 3 is 0.904 bits per heavy atom. The third kappa shape index (κ3) is 34.1. The molecular weight excluding hydrogens is 1440 g/mol. The standard InChI is InChI=1S/C92H134N8O14/c1-13-15-17-23-40-111-84-34-30-65(50-70(84)88(96)106)55-81(103)76(46-61(7)8)98-91(109)73-53-68(33-37-87(73)114-43-26-20-22-39-94)58-83(105)77(47-62(9)10)99-90(108)71-52-67(32-35-85(71)112-41-24-18-16-14-2)57-82(104)78(48-63(11)12)100-92(110)72-51-66(31-36-86(72)113-42-25-19-21-38-93)56-80(102)75(45-60(5)6)97-89(107)69-29-27-28-64(49-69)54-79(101)74(95)44-59(3)4/h27-37,49-53,59-63,74-78H,13-26,38-48,54-58,93-95H2,1-12H3,(H2,96,106)(H,97,107)(H,98,109)(H,99,108)(H,100,110)/t74-,75+,76-,77+,78-/m0/s1. The molecule has 0 aliphatic carbocycles. The molecular formula is C92H134N8O14. The molecule has 0 bridgehead atoms. The number of carbonyl (C=O) groups excluding carboxylic acids is 10. The van der Waals surface area contributed by atoms with Crippen molar-refractivity contribution >= 4 is 58.5 Å². The van der Waals surface area contributed by atoms with Crippen molar-refractivity contribution < 1.29 is 66.9 Å². The molecule has 0 aromatic heterocycles. The molecule has 0 fully saturated rings. The van der Waals surface area contributed by atoms with Crippen LogP contribution in [0.25, 0.3) is 0 Å². The van der Waals surface area contributed by atoms with Crippen LogP contribution in [0, 0.1) is 29.6 Å². The van der Waals surface area contributed by atoms with E-state index in [2.05, 4.69) is 35.1 Å². The van der Waals surface area contributed by atoms with Gasteiger partial charge < -0.3 is 63.1 Å². The van der Waals surface area contributed by atoms with Crippen LogP contribution in [0.1, 0.15) is 285 Å². The first-order valence-corrected chi connectivity index (χ1v) is 41.9. The highest BCUT2D eigenvalue weighted by Gasteiger charge is 2.32. The predicted molar refractivity (Wildman–Crippen MR) is 451 cm³/mol. The lowest BCUT2D eigenvalue weighted by molar-refractivity contribution is -0.121. The molecule has 0 heterocycles. The Bertz CT molecular complexity index is 3920. The first-order valence-electron chi connectivity index (χ1n) is 41.9. The minimum atomic E-state index is -1.03. The SMILES string of the molecule is CCCCCCOc1ccc(CC(=O)[C@H](CC(C)C)NC(=O)c2cc(CC(=O)[C@@H](CC(C)C)NC(=O)c3cc(CC(=O)[C@H](CC(C)C)NC(=O)c4cc(CC(=O)[C@@H](CC(C)C)NC(=O)c5cccc(CC(=O)[C@@H](N)CC(C)C)c5)ccc4OCCCCCN)ccc3OCCCCCC)ccc2OCCCCCN)cc1C(N)=O. The molecule has 5 rings (SSSR count). The Labute approximate surface area is 678 Å². The fourth-order valence-electron chi connectivity index (χ4n) is 13.6. The van der Waals surface area contributed by atoms with Crippen molar-refractivity contribution in [1.29, 1.82) is 0 Å². The van der Waals surface area contributed by atoms with Gasteiger partial charge in [0.05, 0.1) is 78.9 Å². The summed E-state index contributed by atoms with van der Waals surface area (Å²) in [6.07, 6.45) is 13.0. The Balaban J connectivity index is 1.43. The molecule has 0 radical (unpaired) electrons. The molecule has 0 aliphatic heterocycles. The molecule has 5 aromatic rings. The summed E-state index contributed by atoms with van der Waals surface area (Å²) in [6, 6.07) is 21.9. The van der Waals surface area contributed by atoms with Crippen LogP contribution in [-0.2, 0) is 56.1 Å². The first-order chi connectivity index (χ1) is 54.4. The maximum Gasteiger partial charge on any atom is 0.255 e. The normalized spacial score (nSPS) is 12.8. The van der Waals surface area contributed by atoms with E-state index in [0.29, 0.717) is 98.4 Å². The largest absolute Gasteiger partial charge is 0.493 e. The van der Waals surface area contributed by atoms with Gasteiger partial charge in [0, 0.05) is 37.7 Å². The van der Waals surface area contributed by atoms with Gasteiger partial charge in [0.15, 0.2) is 28.9 Å². The Hall–Kier alpha value is -9.12. The quantitative estimate of drug-likeness (QED) is 0.0168. The number of nitrogens with one attached hydrogen (secondary N) is 4. The van der Waals surface area contributed by atoms with Crippen LogP contribution < -0.4 is 63.1 Å². The van der Waals surface area contributed by atoms with Gasteiger partial charge in [0.1, 0.15) is 23.0 Å². The maximum atomic E-state index is 15.0. The van der Waals surface area contributed by atoms with Crippen LogP contribution in [0.3, 0.4) is 0 Å². The predicted octanol–water partition coefficient (Wildman–Crippen LogP) is 14.0. The third-order valence-electron chi connectivity index (χ3n) is 19.7. The third-order valence-corrected chi connectivity index (χ3v) is 19.7. The van der Waals surface area contributed by atoms with Crippen LogP contribution in [-0.4, -0.2) is 128 Å². The number of unbranched alkanes of at least 4 members (excludes halogenated alkanes) is 10. The number of ether oxygens (including phenoxy) is 4. The summed E-state index contributed by atoms with van der Waals surface area (Å²) >= 11 is 0. The zero-order valence-corrected chi connectivity index (χ0v) is 70.2. The molecule has 0 spiro atoms. The summed E-state index contributed by atoms with van der Waals surface area (Å²) in [7, 11) is 0. The van der Waals surface area contributed by atoms with Crippen molar-refractivity contribution in [2.75, 3.05) is 39.5 Å². The highest BCUT2D eigenvalue weighted by molar-refractivity contribution is 6.04. The average Bonchev–Trinajstić information content (AvgIpc) is 0.824. The van der Waals surface area contributed by atoms with Gasteiger partial charge in [0.2, 0.25) is 0 Å². The zero-order valence-electron chi connectivity index (χ0n) is 70.2. The molecule has 5 amide bonds. The molecule has 5 atom stereocenters. The summed E-state index contributed by atoms with van der Waals surface area (Å²) in [5, 5.41) is 12.0. The van der Waals surface area contributed by atoms with Crippen LogP contribution in [0.2, 0.25) is 0 Å². The van der Waals surface area contributed by atoms with E-state index in [1.807, 2.05) is 69.2 Å². The lowest BCUT2D eigenvalue weighted by Gasteiger charge is -2.23. The van der Waals surface area contributed by atoms with E-state index in [4.69, 9.17) is 41.9 Å². The molecule has 0 aliphatic rings. The summed E-state index contributed by atoms with van der Waals surface area (Å²) in [6.45, 7) is 26.0. The van der Waals surface area contributed by atoms with Gasteiger partial charge in [-0.2, -0.15) is 0 Å². The van der Waals surface area contributed by atoms with E-state index in [1.165, 1.54) is 0 Å². The van der Waals surface area contributed by atoms with E-state index in [9.17, 15) is 43.2 Å². The minimum Gasteiger partial charge on any atom is -0.493 e. The van der Waals surface area contributed by atoms with Crippen molar-refractivity contribution in [3.05, 3.63) is 153 Å². The van der Waals surface area contributed by atoms with E-state index in [0.717, 1.165) is 70.6 Å². The van der Waals surface area contributed by atoms with Gasteiger partial charge in [-0.1, -0.05) is 158 Å². The maximum absolute atomic E-state index is 15.0. The van der Waals surface area contributed by atoms with Crippen molar-refractivity contribution in [1.82, 2.24) is 21.3 Å². The molecule has 0 saturated carbocycles. The van der Waals surface area contributed by atoms with Crippen LogP contribution >= 0.6 is 0 Å². The second-order valence-electron chi connectivity index (χ2n) is 32.7. The number of carbonyl (C=O) groups is 10. The zero-order chi connectivity index (χ0) is 83.8. The highest BCUT2D eigenvalue weighted by atomic mass is 16.5. The first kappa shape index (κ1) is 95.5. The van der Waals surface area contributed by atoms with Crippen molar-refractivity contribution in [2.45, 2.75) is 267 Å². The second-order valence-corrected chi connectivity index (χ2v) is 32.7. The average molecular weight is 1580 g/mol. The second kappa shape index (κ2) is 51.0. The Morgan fingerprint density at radius 2 is 0.605 bits per heavy atom. The summed E-state index contributed by atoms with van der Waals surface area (Å²) in [5.74, 6) is -3.27. The van der Waals surface area contributed by atoms with Crippen LogP contribution in [0.4, 0.5) is 0 Å². The fourth-order valence-corrected chi connectivity index (χ4v) is 13.6. The molecule has 114 heavy (non-hydrogen) atoms. The molecule has 12 N–H and O–H groups in total. The topological polar surface area (TPSA) is 360 Å². The van der Waals surface area contributed by atoms with Gasteiger partial charge in [0.25, 0.3) is 29.5 Å². The molecule has 22 heteroatoms. The lowest BCUT2D eigenvalue weighted by Crippen LogP contribution is -2.43. The number of primary amides is 1. The van der Waals surface area contributed by atoms with Crippen LogP contribution in [0.5, 0.6) is 23.0 Å². The van der Waals surface area contributed by atoms with Crippen molar-refractivity contribution in [3.63, 3.8) is 0 Å². The number of Topliss-reactive ketones (excluding diaryl/α,β-unsaturated/α-hetero) is 5. The van der Waals surface area contributed by atoms with E-state index < -0.39 is 59.7 Å². The van der Waals surface area contributed by atoms with Crippen LogP contribution in [0.15, 0.2) is 97.1 Å². The van der Waals surface area contributed by atoms with Gasteiger partial charge in [-0.05, 0) is 215 Å². The number of nitrogens with two attached hydrogens (primary N) is 4. The fraction of sp³-hybridized carbons (Fsp3) is 0.565. The monoisotopic (exact) mass is 1580 g/mol. The summed E-state index contributed by atoms with van der Waals surface area (Å²) < 4.78 is 24.8. The van der Waals surface area contributed by atoms with Gasteiger partial charge >= 0.3 is 0 Å². The minimum absolute atomic E-state index is 0.00347. The van der Waals surface area contributed by atoms with Crippen molar-refractivity contribution in [3.8, 4) is 23.0 Å². The number of hydrogen-bond acceptors (Lipinski definition) is 17. The molecule has 0 saturated heterocycles. The summed E-state index contributed by atoms with van der Waals surface area (Å²) in [4.78, 5) is 143.